The molecule has 1 atom stereocenters. The molecule has 3 aliphatic rings. The van der Waals surface area contributed by atoms with Gasteiger partial charge in [-0.3, -0.25) is 9.69 Å². The van der Waals surface area contributed by atoms with Gasteiger partial charge in [-0.1, -0.05) is 50.3 Å². The highest BCUT2D eigenvalue weighted by molar-refractivity contribution is 5.86. The Balaban J connectivity index is 1.28. The maximum atomic E-state index is 13.1. The number of nitrogens with zero attached hydrogens (tertiary/aromatic N) is 3. The summed E-state index contributed by atoms with van der Waals surface area (Å²) in [6.07, 6.45) is 9.32. The molecule has 0 spiro atoms. The number of rotatable bonds is 6. The number of amides is 1. The van der Waals surface area contributed by atoms with Gasteiger partial charge in [0.25, 0.3) is 5.91 Å². The molecule has 4 rings (SSSR count). The zero-order valence-electron chi connectivity index (χ0n) is 17.8. The van der Waals surface area contributed by atoms with E-state index in [1.807, 2.05) is 11.0 Å². The van der Waals surface area contributed by atoms with E-state index >= 15 is 0 Å². The van der Waals surface area contributed by atoms with Crippen LogP contribution in [0.25, 0.3) is 0 Å². The zero-order chi connectivity index (χ0) is 20.1. The molecule has 0 radical (unpaired) electrons. The number of carbonyl (C=O) groups excluding carboxylic acids is 1. The van der Waals surface area contributed by atoms with Crippen LogP contribution in [-0.2, 0) is 4.79 Å². The molecule has 2 heterocycles. The summed E-state index contributed by atoms with van der Waals surface area (Å²) >= 11 is 0. The molecular weight excluding hydrogens is 362 g/mol. The summed E-state index contributed by atoms with van der Waals surface area (Å²) in [6, 6.07) is 10.5. The zero-order valence-corrected chi connectivity index (χ0v) is 17.8. The van der Waals surface area contributed by atoms with E-state index in [0.29, 0.717) is 13.0 Å². The fourth-order valence-electron chi connectivity index (χ4n) is 5.41. The van der Waals surface area contributed by atoms with E-state index in [0.717, 1.165) is 58.0 Å². The first-order valence-corrected chi connectivity index (χ1v) is 11.7. The summed E-state index contributed by atoms with van der Waals surface area (Å²) in [5, 5.41) is 11.2. The van der Waals surface area contributed by atoms with Crippen molar-refractivity contribution >= 4 is 11.6 Å². The first-order chi connectivity index (χ1) is 14.1. The van der Waals surface area contributed by atoms with Crippen molar-refractivity contribution in [2.45, 2.75) is 57.0 Å². The third-order valence-corrected chi connectivity index (χ3v) is 7.21. The van der Waals surface area contributed by atoms with Crippen molar-refractivity contribution in [3.63, 3.8) is 0 Å². The monoisotopic (exact) mass is 399 g/mol. The first-order valence-electron chi connectivity index (χ1n) is 11.7. The molecule has 2 saturated heterocycles. The lowest BCUT2D eigenvalue weighted by Gasteiger charge is -2.43. The third-order valence-electron chi connectivity index (χ3n) is 7.21. The quantitative estimate of drug-likeness (QED) is 0.798. The van der Waals surface area contributed by atoms with Gasteiger partial charge in [0.1, 0.15) is 0 Å². The van der Waals surface area contributed by atoms with Crippen LogP contribution < -0.4 is 4.90 Å². The highest BCUT2D eigenvalue weighted by Crippen LogP contribution is 2.29. The number of carbonyl (C=O) groups is 1. The minimum atomic E-state index is -1.19. The average Bonchev–Trinajstić information content (AvgIpc) is 2.77. The molecule has 5 nitrogen and oxygen atoms in total. The Kier molecular flexibility index (Phi) is 6.76. The van der Waals surface area contributed by atoms with E-state index in [4.69, 9.17) is 0 Å². The second-order valence-corrected chi connectivity index (χ2v) is 9.32. The van der Waals surface area contributed by atoms with E-state index in [1.165, 1.54) is 37.8 Å². The Morgan fingerprint density at radius 3 is 2.38 bits per heavy atom. The van der Waals surface area contributed by atoms with E-state index in [9.17, 15) is 9.90 Å². The number of hydrogen-bond donors (Lipinski definition) is 1. The fraction of sp³-hybridized carbons (Fsp3) is 0.708. The topological polar surface area (TPSA) is 47.0 Å². The summed E-state index contributed by atoms with van der Waals surface area (Å²) < 4.78 is 0. The van der Waals surface area contributed by atoms with Gasteiger partial charge in [-0.2, -0.15) is 0 Å². The van der Waals surface area contributed by atoms with Gasteiger partial charge in [0.15, 0.2) is 5.60 Å². The summed E-state index contributed by atoms with van der Waals surface area (Å²) in [4.78, 5) is 19.7. The number of benzene rings is 1. The predicted molar refractivity (Wildman–Crippen MR) is 117 cm³/mol. The van der Waals surface area contributed by atoms with Gasteiger partial charge in [-0.15, -0.1) is 0 Å². The van der Waals surface area contributed by atoms with Crippen LogP contribution >= 0.6 is 0 Å². The van der Waals surface area contributed by atoms with Gasteiger partial charge in [-0.25, -0.2) is 0 Å². The van der Waals surface area contributed by atoms with Crippen molar-refractivity contribution in [1.29, 1.82) is 0 Å². The Morgan fingerprint density at radius 1 is 0.931 bits per heavy atom. The van der Waals surface area contributed by atoms with Crippen molar-refractivity contribution in [2.75, 3.05) is 50.7 Å². The largest absolute Gasteiger partial charge is 0.379 e. The number of likely N-dealkylation sites (tertiary alicyclic amines) is 1. The van der Waals surface area contributed by atoms with Gasteiger partial charge in [0.2, 0.25) is 0 Å². The minimum Gasteiger partial charge on any atom is -0.379 e. The molecule has 0 aromatic heterocycles. The fourth-order valence-corrected chi connectivity index (χ4v) is 5.41. The van der Waals surface area contributed by atoms with Crippen molar-refractivity contribution in [3.8, 4) is 0 Å². The second kappa shape index (κ2) is 9.48. The standard InChI is InChI=1S/C24H37N3O2/c28-23-24(29,13-7-14-27(23)15-12-21-8-3-1-4-9-21)20-25-16-18-26(19-17-25)22-10-5-2-6-11-22/h2,5-6,10-11,21,29H,1,3-4,7-9,12-20H2/t24-/m1/s1. The highest BCUT2D eigenvalue weighted by Gasteiger charge is 2.43. The SMILES string of the molecule is O=C1N(CCC2CCCCC2)CCC[C@@]1(O)CN1CCN(c2ccccc2)CC1. The van der Waals surface area contributed by atoms with Crippen LogP contribution in [0, 0.1) is 5.92 Å². The molecule has 1 aliphatic carbocycles. The molecule has 1 amide bonds. The molecule has 0 bridgehead atoms. The Bertz CT molecular complexity index is 653. The van der Waals surface area contributed by atoms with Gasteiger partial charge in [0.05, 0.1) is 0 Å². The molecule has 1 aromatic carbocycles. The summed E-state index contributed by atoms with van der Waals surface area (Å²) in [7, 11) is 0. The van der Waals surface area contributed by atoms with E-state index in [1.54, 1.807) is 0 Å². The summed E-state index contributed by atoms with van der Waals surface area (Å²) in [5.41, 5.74) is 0.0632. The molecule has 3 fully saturated rings. The number of para-hydroxylation sites is 1. The van der Waals surface area contributed by atoms with Gasteiger partial charge in [-0.05, 0) is 37.3 Å². The van der Waals surface area contributed by atoms with Crippen molar-refractivity contribution in [2.24, 2.45) is 5.92 Å². The molecule has 5 heteroatoms. The molecule has 1 N–H and O–H groups in total. The number of hydrogen-bond acceptors (Lipinski definition) is 4. The van der Waals surface area contributed by atoms with Gasteiger partial charge < -0.3 is 14.9 Å². The molecule has 160 valence electrons. The maximum absolute atomic E-state index is 13.1. The first kappa shape index (κ1) is 20.7. The smallest absolute Gasteiger partial charge is 0.255 e. The number of piperazine rings is 1. The molecule has 29 heavy (non-hydrogen) atoms. The lowest BCUT2D eigenvalue weighted by molar-refractivity contribution is -0.159. The average molecular weight is 400 g/mol. The van der Waals surface area contributed by atoms with Crippen molar-refractivity contribution in [3.05, 3.63) is 30.3 Å². The number of aliphatic hydroxyl groups is 1. The summed E-state index contributed by atoms with van der Waals surface area (Å²) in [6.45, 7) is 5.80. The second-order valence-electron chi connectivity index (χ2n) is 9.32. The van der Waals surface area contributed by atoms with Crippen LogP contribution in [0.2, 0.25) is 0 Å². The lowest BCUT2D eigenvalue weighted by atomic mass is 9.86. The van der Waals surface area contributed by atoms with E-state index < -0.39 is 5.60 Å². The lowest BCUT2D eigenvalue weighted by Crippen LogP contribution is -2.60. The van der Waals surface area contributed by atoms with Crippen LogP contribution in [0.15, 0.2) is 30.3 Å². The molecule has 2 aliphatic heterocycles. The van der Waals surface area contributed by atoms with Gasteiger partial charge >= 0.3 is 0 Å². The van der Waals surface area contributed by atoms with Crippen molar-refractivity contribution in [1.82, 2.24) is 9.80 Å². The van der Waals surface area contributed by atoms with Crippen LogP contribution in [0.1, 0.15) is 51.4 Å². The van der Waals surface area contributed by atoms with E-state index in [2.05, 4.69) is 34.1 Å². The molecule has 1 saturated carbocycles. The van der Waals surface area contributed by atoms with Gasteiger partial charge in [0, 0.05) is 51.5 Å². The Hall–Kier alpha value is -1.59. The highest BCUT2D eigenvalue weighted by atomic mass is 16.3. The van der Waals surface area contributed by atoms with Crippen LogP contribution in [0.5, 0.6) is 0 Å². The third kappa shape index (κ3) is 5.13. The van der Waals surface area contributed by atoms with Crippen LogP contribution in [0.4, 0.5) is 5.69 Å². The van der Waals surface area contributed by atoms with Crippen LogP contribution in [-0.4, -0.2) is 72.2 Å². The van der Waals surface area contributed by atoms with Crippen molar-refractivity contribution < 1.29 is 9.90 Å². The van der Waals surface area contributed by atoms with Crippen LogP contribution in [0.3, 0.4) is 0 Å². The maximum Gasteiger partial charge on any atom is 0.255 e. The predicted octanol–water partition coefficient (Wildman–Crippen LogP) is 3.13. The minimum absolute atomic E-state index is 0.0231. The van der Waals surface area contributed by atoms with E-state index in [-0.39, 0.29) is 5.91 Å². The molecular formula is C24H37N3O2. The normalized spacial score (nSPS) is 27.4. The number of anilines is 1. The Labute approximate surface area is 175 Å². The summed E-state index contributed by atoms with van der Waals surface area (Å²) in [5.74, 6) is 0.752. The Morgan fingerprint density at radius 2 is 1.66 bits per heavy atom. The molecule has 0 unspecified atom stereocenters. The number of piperidine rings is 1. The molecule has 1 aromatic rings. The number of β-amino-alcohol motifs (C(OH)–C–C–N with tert-alkyl or cyclic N) is 1.